The van der Waals surface area contributed by atoms with Crippen molar-refractivity contribution < 1.29 is 15.0 Å². The second-order valence-corrected chi connectivity index (χ2v) is 3.74. The van der Waals surface area contributed by atoms with Crippen LogP contribution >= 0.6 is 0 Å². The smallest absolute Gasteiger partial charge is 0.311 e. The van der Waals surface area contributed by atoms with Crippen molar-refractivity contribution >= 4 is 5.97 Å². The molecule has 0 aromatic heterocycles. The Morgan fingerprint density at radius 1 is 1.29 bits per heavy atom. The minimum absolute atomic E-state index is 0.175. The molecule has 0 amide bonds. The SMILES string of the molecule is O=C(O)C(c1ccc(O)cc1)C1CC1. The van der Waals surface area contributed by atoms with E-state index >= 15 is 0 Å². The van der Waals surface area contributed by atoms with Crippen LogP contribution in [0.4, 0.5) is 0 Å². The summed E-state index contributed by atoms with van der Waals surface area (Å²) in [7, 11) is 0. The maximum atomic E-state index is 11.0. The Bertz CT molecular complexity index is 338. The first kappa shape index (κ1) is 9.06. The molecular weight excluding hydrogens is 180 g/mol. The zero-order valence-corrected chi connectivity index (χ0v) is 7.68. The van der Waals surface area contributed by atoms with E-state index in [1.807, 2.05) is 0 Å². The molecule has 0 saturated heterocycles. The molecule has 0 radical (unpaired) electrons. The van der Waals surface area contributed by atoms with Crippen molar-refractivity contribution in [1.29, 1.82) is 0 Å². The Kier molecular flexibility index (Phi) is 2.15. The zero-order chi connectivity index (χ0) is 10.1. The molecule has 2 N–H and O–H groups in total. The Labute approximate surface area is 82.0 Å². The van der Waals surface area contributed by atoms with Gasteiger partial charge >= 0.3 is 5.97 Å². The Morgan fingerprint density at radius 3 is 2.29 bits per heavy atom. The highest BCUT2D eigenvalue weighted by atomic mass is 16.4. The molecule has 14 heavy (non-hydrogen) atoms. The van der Waals surface area contributed by atoms with Crippen LogP contribution in [-0.4, -0.2) is 16.2 Å². The fraction of sp³-hybridized carbons (Fsp3) is 0.364. The number of phenols is 1. The molecule has 0 bridgehead atoms. The van der Waals surface area contributed by atoms with Gasteiger partial charge in [-0.1, -0.05) is 12.1 Å². The standard InChI is InChI=1S/C11H12O3/c12-9-5-3-8(4-6-9)10(11(13)14)7-1-2-7/h3-7,10,12H,1-2H2,(H,13,14). The summed E-state index contributed by atoms with van der Waals surface area (Å²) in [6, 6.07) is 6.44. The molecule has 0 aliphatic heterocycles. The lowest BCUT2D eigenvalue weighted by atomic mass is 9.94. The zero-order valence-electron chi connectivity index (χ0n) is 7.68. The third-order valence-corrected chi connectivity index (χ3v) is 2.61. The van der Waals surface area contributed by atoms with Gasteiger partial charge in [0.05, 0.1) is 5.92 Å². The molecule has 1 aliphatic carbocycles. The molecule has 0 spiro atoms. The molecule has 1 unspecified atom stereocenters. The molecule has 1 aliphatic rings. The van der Waals surface area contributed by atoms with Gasteiger partial charge in [-0.15, -0.1) is 0 Å². The molecule has 1 saturated carbocycles. The van der Waals surface area contributed by atoms with Gasteiger partial charge in [-0.3, -0.25) is 4.79 Å². The molecule has 0 heterocycles. The number of hydrogen-bond acceptors (Lipinski definition) is 2. The van der Waals surface area contributed by atoms with Crippen LogP contribution in [0.2, 0.25) is 0 Å². The highest BCUT2D eigenvalue weighted by molar-refractivity contribution is 5.77. The summed E-state index contributed by atoms with van der Waals surface area (Å²) in [5.41, 5.74) is 0.790. The van der Waals surface area contributed by atoms with Gasteiger partial charge in [0.2, 0.25) is 0 Å². The summed E-state index contributed by atoms with van der Waals surface area (Å²) in [5, 5.41) is 18.1. The number of aromatic hydroxyl groups is 1. The normalized spacial score (nSPS) is 17.7. The van der Waals surface area contributed by atoms with Crippen molar-refractivity contribution in [3.05, 3.63) is 29.8 Å². The first-order valence-corrected chi connectivity index (χ1v) is 4.70. The molecule has 1 aromatic carbocycles. The monoisotopic (exact) mass is 192 g/mol. The predicted molar refractivity (Wildman–Crippen MR) is 51.2 cm³/mol. The van der Waals surface area contributed by atoms with Crippen LogP contribution < -0.4 is 0 Å². The van der Waals surface area contributed by atoms with Crippen LogP contribution in [0.3, 0.4) is 0 Å². The van der Waals surface area contributed by atoms with E-state index in [0.717, 1.165) is 18.4 Å². The summed E-state index contributed by atoms with van der Waals surface area (Å²) >= 11 is 0. The van der Waals surface area contributed by atoms with Gasteiger partial charge in [0.25, 0.3) is 0 Å². The van der Waals surface area contributed by atoms with Crippen molar-refractivity contribution in [3.63, 3.8) is 0 Å². The Morgan fingerprint density at radius 2 is 1.86 bits per heavy atom. The van der Waals surface area contributed by atoms with E-state index in [2.05, 4.69) is 0 Å². The lowest BCUT2D eigenvalue weighted by molar-refractivity contribution is -0.139. The quantitative estimate of drug-likeness (QED) is 0.769. The first-order chi connectivity index (χ1) is 6.68. The largest absolute Gasteiger partial charge is 0.508 e. The third-order valence-electron chi connectivity index (χ3n) is 2.61. The average molecular weight is 192 g/mol. The molecule has 3 heteroatoms. The van der Waals surface area contributed by atoms with Crippen LogP contribution in [0, 0.1) is 5.92 Å². The maximum Gasteiger partial charge on any atom is 0.311 e. The van der Waals surface area contributed by atoms with Gasteiger partial charge in [0.15, 0.2) is 0 Å². The fourth-order valence-electron chi connectivity index (χ4n) is 1.73. The van der Waals surface area contributed by atoms with Crippen LogP contribution in [0.25, 0.3) is 0 Å². The van der Waals surface area contributed by atoms with Crippen molar-refractivity contribution in [2.24, 2.45) is 5.92 Å². The van der Waals surface area contributed by atoms with E-state index in [1.165, 1.54) is 12.1 Å². The molecule has 3 nitrogen and oxygen atoms in total. The first-order valence-electron chi connectivity index (χ1n) is 4.70. The average Bonchev–Trinajstić information content (AvgIpc) is 2.92. The number of carbonyl (C=O) groups is 1. The van der Waals surface area contributed by atoms with E-state index in [1.54, 1.807) is 12.1 Å². The minimum Gasteiger partial charge on any atom is -0.508 e. The highest BCUT2D eigenvalue weighted by Crippen LogP contribution is 2.42. The molecule has 1 atom stereocenters. The van der Waals surface area contributed by atoms with Gasteiger partial charge in [-0.2, -0.15) is 0 Å². The van der Waals surface area contributed by atoms with Crippen LogP contribution in [0.1, 0.15) is 24.3 Å². The maximum absolute atomic E-state index is 11.0. The second kappa shape index (κ2) is 3.33. The number of phenolic OH excluding ortho intramolecular Hbond substituents is 1. The Hall–Kier alpha value is -1.51. The van der Waals surface area contributed by atoms with E-state index in [4.69, 9.17) is 10.2 Å². The lowest BCUT2D eigenvalue weighted by Crippen LogP contribution is -2.13. The van der Waals surface area contributed by atoms with Gasteiger partial charge in [0, 0.05) is 0 Å². The number of carboxylic acid groups (broad SMARTS) is 1. The Balaban J connectivity index is 2.26. The number of hydrogen-bond donors (Lipinski definition) is 2. The van der Waals surface area contributed by atoms with Gasteiger partial charge in [0.1, 0.15) is 5.75 Å². The van der Waals surface area contributed by atoms with E-state index in [-0.39, 0.29) is 11.7 Å². The van der Waals surface area contributed by atoms with Crippen LogP contribution in [-0.2, 0) is 4.79 Å². The number of rotatable bonds is 3. The number of carboxylic acids is 1. The van der Waals surface area contributed by atoms with E-state index in [0.29, 0.717) is 0 Å². The lowest BCUT2D eigenvalue weighted by Gasteiger charge is -2.10. The van der Waals surface area contributed by atoms with Gasteiger partial charge in [-0.25, -0.2) is 0 Å². The van der Waals surface area contributed by atoms with Crippen LogP contribution in [0.5, 0.6) is 5.75 Å². The van der Waals surface area contributed by atoms with E-state index in [9.17, 15) is 4.79 Å². The molecule has 74 valence electrons. The summed E-state index contributed by atoms with van der Waals surface area (Å²) in [5.74, 6) is -0.695. The van der Waals surface area contributed by atoms with Crippen molar-refractivity contribution in [1.82, 2.24) is 0 Å². The predicted octanol–water partition coefficient (Wildman–Crippen LogP) is 1.97. The third kappa shape index (κ3) is 1.71. The molecule has 1 fully saturated rings. The van der Waals surface area contributed by atoms with E-state index < -0.39 is 11.9 Å². The van der Waals surface area contributed by atoms with Crippen molar-refractivity contribution in [3.8, 4) is 5.75 Å². The summed E-state index contributed by atoms with van der Waals surface area (Å²) in [4.78, 5) is 11.0. The second-order valence-electron chi connectivity index (χ2n) is 3.74. The van der Waals surface area contributed by atoms with Gasteiger partial charge in [-0.05, 0) is 36.5 Å². The molecule has 2 rings (SSSR count). The number of aliphatic carboxylic acids is 1. The summed E-state index contributed by atoms with van der Waals surface area (Å²) in [6.45, 7) is 0. The topological polar surface area (TPSA) is 57.5 Å². The summed E-state index contributed by atoms with van der Waals surface area (Å²) < 4.78 is 0. The summed E-state index contributed by atoms with van der Waals surface area (Å²) in [6.07, 6.45) is 2.00. The number of benzene rings is 1. The van der Waals surface area contributed by atoms with Crippen molar-refractivity contribution in [2.45, 2.75) is 18.8 Å². The molecule has 1 aromatic rings. The highest BCUT2D eigenvalue weighted by Gasteiger charge is 2.37. The minimum atomic E-state index is -0.766. The van der Waals surface area contributed by atoms with Crippen LogP contribution in [0.15, 0.2) is 24.3 Å². The fourth-order valence-corrected chi connectivity index (χ4v) is 1.73. The van der Waals surface area contributed by atoms with Gasteiger partial charge < -0.3 is 10.2 Å². The molecular formula is C11H12O3. The van der Waals surface area contributed by atoms with Crippen molar-refractivity contribution in [2.75, 3.05) is 0 Å².